The first-order chi connectivity index (χ1) is 29.0. The van der Waals surface area contributed by atoms with E-state index < -0.39 is 77.7 Å². The van der Waals surface area contributed by atoms with Gasteiger partial charge in [0.05, 0.1) is 29.9 Å². The fraction of sp³-hybridized carbons (Fsp3) is 0.745. The van der Waals surface area contributed by atoms with Crippen LogP contribution in [0.2, 0.25) is 0 Å². The van der Waals surface area contributed by atoms with E-state index in [1.54, 1.807) is 24.3 Å². The highest BCUT2D eigenvalue weighted by atomic mass is 16.7. The molecule has 14 nitrogen and oxygen atoms in total. The summed E-state index contributed by atoms with van der Waals surface area (Å²) in [4.78, 5) is 81.3. The number of benzene rings is 1. The van der Waals surface area contributed by atoms with Gasteiger partial charge < -0.3 is 33.2 Å². The normalized spacial score (nSPS) is 45.0. The summed E-state index contributed by atoms with van der Waals surface area (Å²) in [7, 11) is 0. The minimum absolute atomic E-state index is 0.0160. The van der Waals surface area contributed by atoms with E-state index in [1.807, 2.05) is 0 Å². The number of ether oxygens (including phenoxy) is 7. The summed E-state index contributed by atoms with van der Waals surface area (Å²) < 4.78 is 43.7. The average Bonchev–Trinajstić information content (AvgIpc) is 3.76. The van der Waals surface area contributed by atoms with Gasteiger partial charge in [-0.15, -0.1) is 0 Å². The second kappa shape index (κ2) is 15.5. The Balaban J connectivity index is 0.971. The molecule has 7 fully saturated rings. The molecule has 1 aromatic rings. The number of ketones is 1. The predicted molar refractivity (Wildman–Crippen MR) is 214 cm³/mol. The van der Waals surface area contributed by atoms with E-state index in [1.165, 1.54) is 20.8 Å². The van der Waals surface area contributed by atoms with Crippen molar-refractivity contribution in [1.82, 2.24) is 4.90 Å². The molecule has 0 bridgehead atoms. The van der Waals surface area contributed by atoms with Gasteiger partial charge in [0.1, 0.15) is 24.5 Å². The zero-order chi connectivity index (χ0) is 43.3. The summed E-state index contributed by atoms with van der Waals surface area (Å²) in [6, 6.07) is 5.05. The second-order valence-corrected chi connectivity index (χ2v) is 20.1. The van der Waals surface area contributed by atoms with Crippen molar-refractivity contribution in [2.24, 2.45) is 52.3 Å². The summed E-state index contributed by atoms with van der Waals surface area (Å²) in [5, 5.41) is 0. The third-order valence-electron chi connectivity index (χ3n) is 16.9. The molecular weight excluding hydrogens is 787 g/mol. The number of hydrogen-bond donors (Lipinski definition) is 0. The standard InChI is InChI=1S/C47H61NO13/c1-23-14-17-47(56-21-23)24(2)38-35(61-47)19-34-32-13-12-28-18-29(15-16-45(28,6)33(32)20-37(52)46(34,38)7)59-44-39(48-42(53)30-10-8-9-11-31(30)43(48)54)41(58-27(5)51)40(57-26(4)50)36(60-44)22-55-25(3)49/h8-11,23-24,28-29,32-36,38-41,44H,12-22H2,1-7H3/t23-,24+,28+,29+,32-,33+,34+,35+,36-,38+,39-,40-,41-,44-,45+,46-,47-/m1/s1. The maximum atomic E-state index is 14.7. The monoisotopic (exact) mass is 847 g/mol. The number of rotatable bonds is 7. The average molecular weight is 848 g/mol. The summed E-state index contributed by atoms with van der Waals surface area (Å²) in [6.45, 7) is 13.0. The summed E-state index contributed by atoms with van der Waals surface area (Å²) in [6.07, 6.45) is 1.72. The van der Waals surface area contributed by atoms with E-state index in [-0.39, 0.29) is 58.8 Å². The van der Waals surface area contributed by atoms with Crippen LogP contribution in [-0.4, -0.2) is 102 Å². The number of carbonyl (C=O) groups is 6. The van der Waals surface area contributed by atoms with Crippen molar-refractivity contribution < 1.29 is 61.9 Å². The highest BCUT2D eigenvalue weighted by Crippen LogP contribution is 2.70. The largest absolute Gasteiger partial charge is 0.463 e. The number of fused-ring (bicyclic) bond motifs is 8. The Morgan fingerprint density at radius 2 is 1.52 bits per heavy atom. The molecule has 4 saturated carbocycles. The zero-order valence-corrected chi connectivity index (χ0v) is 36.4. The summed E-state index contributed by atoms with van der Waals surface area (Å²) >= 11 is 0. The van der Waals surface area contributed by atoms with Gasteiger partial charge in [-0.1, -0.05) is 39.8 Å². The first-order valence-corrected chi connectivity index (χ1v) is 22.6. The van der Waals surface area contributed by atoms with Gasteiger partial charge >= 0.3 is 17.9 Å². The maximum Gasteiger partial charge on any atom is 0.303 e. The van der Waals surface area contributed by atoms with Crippen molar-refractivity contribution in [2.75, 3.05) is 13.2 Å². The van der Waals surface area contributed by atoms with Gasteiger partial charge in [0, 0.05) is 50.9 Å². The van der Waals surface area contributed by atoms with Crippen LogP contribution in [-0.2, 0) is 52.3 Å². The first kappa shape index (κ1) is 42.6. The molecule has 4 aliphatic heterocycles. The molecule has 0 aromatic heterocycles. The fourth-order valence-electron chi connectivity index (χ4n) is 14.0. The van der Waals surface area contributed by atoms with Crippen LogP contribution in [0.1, 0.15) is 127 Å². The van der Waals surface area contributed by atoms with Crippen LogP contribution in [0.4, 0.5) is 0 Å². The Kier molecular flexibility index (Phi) is 10.8. The van der Waals surface area contributed by atoms with Crippen LogP contribution in [0, 0.1) is 52.3 Å². The Bertz CT molecular complexity index is 1940. The third kappa shape index (κ3) is 6.79. The molecule has 0 radical (unpaired) electrons. The molecule has 0 unspecified atom stereocenters. The molecule has 17 atom stereocenters. The molecule has 2 amide bonds. The van der Waals surface area contributed by atoms with Crippen LogP contribution >= 0.6 is 0 Å². The maximum absolute atomic E-state index is 14.7. The van der Waals surface area contributed by atoms with Crippen molar-refractivity contribution in [3.8, 4) is 0 Å². The van der Waals surface area contributed by atoms with Crippen LogP contribution in [0.15, 0.2) is 24.3 Å². The smallest absolute Gasteiger partial charge is 0.303 e. The molecule has 1 spiro atoms. The zero-order valence-electron chi connectivity index (χ0n) is 36.4. The second-order valence-electron chi connectivity index (χ2n) is 20.1. The van der Waals surface area contributed by atoms with Gasteiger partial charge in [0.15, 0.2) is 24.3 Å². The predicted octanol–water partition coefficient (Wildman–Crippen LogP) is 5.81. The van der Waals surface area contributed by atoms with Crippen LogP contribution in [0.3, 0.4) is 0 Å². The summed E-state index contributed by atoms with van der Waals surface area (Å²) in [5.41, 5.74) is -0.231. The molecule has 4 heterocycles. The van der Waals surface area contributed by atoms with Crippen molar-refractivity contribution >= 4 is 35.5 Å². The molecule has 332 valence electrons. The van der Waals surface area contributed by atoms with E-state index in [2.05, 4.69) is 27.7 Å². The lowest BCUT2D eigenvalue weighted by atomic mass is 9.44. The molecule has 1 aromatic carbocycles. The lowest BCUT2D eigenvalue weighted by Gasteiger charge is -2.61. The number of hydrogen-bond acceptors (Lipinski definition) is 13. The topological polar surface area (TPSA) is 170 Å². The van der Waals surface area contributed by atoms with Gasteiger partial charge in [-0.25, -0.2) is 0 Å². The van der Waals surface area contributed by atoms with Crippen molar-refractivity contribution in [3.05, 3.63) is 35.4 Å². The quantitative estimate of drug-likeness (QED) is 0.140. The highest BCUT2D eigenvalue weighted by Gasteiger charge is 2.72. The van der Waals surface area contributed by atoms with E-state index in [9.17, 15) is 28.8 Å². The van der Waals surface area contributed by atoms with Gasteiger partial charge in [-0.3, -0.25) is 33.7 Å². The lowest BCUT2D eigenvalue weighted by molar-refractivity contribution is -0.301. The Labute approximate surface area is 357 Å². The fourth-order valence-corrected chi connectivity index (χ4v) is 14.0. The van der Waals surface area contributed by atoms with Crippen LogP contribution < -0.4 is 0 Å². The van der Waals surface area contributed by atoms with Crippen LogP contribution in [0.5, 0.6) is 0 Å². The Morgan fingerprint density at radius 1 is 0.836 bits per heavy atom. The molecule has 61 heavy (non-hydrogen) atoms. The molecule has 14 heteroatoms. The van der Waals surface area contributed by atoms with Crippen molar-refractivity contribution in [1.29, 1.82) is 0 Å². The molecule has 8 aliphatic rings. The van der Waals surface area contributed by atoms with Gasteiger partial charge in [-0.05, 0) is 92.1 Å². The molecule has 0 N–H and O–H groups in total. The van der Waals surface area contributed by atoms with Gasteiger partial charge in [0.25, 0.3) is 11.8 Å². The molecule has 9 rings (SSSR count). The lowest BCUT2D eigenvalue weighted by Crippen LogP contribution is -2.68. The Morgan fingerprint density at radius 3 is 2.16 bits per heavy atom. The van der Waals surface area contributed by atoms with Gasteiger partial charge in [-0.2, -0.15) is 0 Å². The minimum Gasteiger partial charge on any atom is -0.463 e. The van der Waals surface area contributed by atoms with Crippen molar-refractivity contribution in [3.63, 3.8) is 0 Å². The number of esters is 3. The molecule has 4 aliphatic carbocycles. The number of imide groups is 1. The number of Topliss-reactive ketones (excluding diaryl/α,β-unsaturated/α-hetero) is 1. The van der Waals surface area contributed by atoms with Crippen LogP contribution in [0.25, 0.3) is 0 Å². The number of carbonyl (C=O) groups excluding carboxylic acids is 6. The molecule has 3 saturated heterocycles. The van der Waals surface area contributed by atoms with Gasteiger partial charge in [0.2, 0.25) is 0 Å². The van der Waals surface area contributed by atoms with E-state index >= 15 is 0 Å². The SMILES string of the molecule is CC(=O)OC[C@H]1O[C@@H](O[C@H]2CC[C@@]3(C)[C@@H](CC[C@@H]4[C@@H]3CC(=O)[C@]3(C)[C@@H]5[C@H](C[C@@H]43)O[C@]3(CC[C@@H](C)CO3)[C@H]5C)C2)[C@H](N2C(=O)c3ccccc3C2=O)[C@@H](OC(C)=O)[C@@H]1OC(C)=O. The van der Waals surface area contributed by atoms with E-state index in [0.29, 0.717) is 43.5 Å². The third-order valence-corrected chi connectivity index (χ3v) is 16.9. The first-order valence-electron chi connectivity index (χ1n) is 22.6. The number of nitrogens with zero attached hydrogens (tertiary/aromatic N) is 1. The molecular formula is C47H61NO13. The van der Waals surface area contributed by atoms with E-state index in [0.717, 1.165) is 43.4 Å². The minimum atomic E-state index is -1.42. The summed E-state index contributed by atoms with van der Waals surface area (Å²) in [5.74, 6) is -1.71. The van der Waals surface area contributed by atoms with E-state index in [4.69, 9.17) is 33.2 Å². The van der Waals surface area contributed by atoms with Crippen molar-refractivity contribution in [2.45, 2.75) is 155 Å². The Hall–Kier alpha value is -3.72. The number of amides is 2. The highest BCUT2D eigenvalue weighted by molar-refractivity contribution is 6.21.